The normalized spacial score (nSPS) is 13.4. The Morgan fingerprint density at radius 2 is 1.74 bits per heavy atom. The summed E-state index contributed by atoms with van der Waals surface area (Å²) in [7, 11) is 0. The van der Waals surface area contributed by atoms with Crippen LogP contribution in [-0.4, -0.2) is 0 Å². The van der Waals surface area contributed by atoms with Gasteiger partial charge in [0, 0.05) is 4.47 Å². The Labute approximate surface area is 123 Å². The molecule has 0 fully saturated rings. The molecule has 0 aromatic heterocycles. The molecule has 0 saturated heterocycles. The summed E-state index contributed by atoms with van der Waals surface area (Å²) in [4.78, 5) is 0. The second-order valence-corrected chi connectivity index (χ2v) is 6.14. The van der Waals surface area contributed by atoms with Gasteiger partial charge in [-0.25, -0.2) is 0 Å². The number of fused-ring (bicyclic) bond motifs is 1. The first kappa shape index (κ1) is 12.7. The molecule has 2 aromatic rings. The van der Waals surface area contributed by atoms with Crippen molar-refractivity contribution >= 4 is 21.5 Å². The minimum Gasteiger partial charge on any atom is -0.0765 e. The van der Waals surface area contributed by atoms with Gasteiger partial charge in [-0.2, -0.15) is 0 Å². The van der Waals surface area contributed by atoms with E-state index in [1.807, 2.05) is 0 Å². The molecule has 0 bridgehead atoms. The molecule has 3 rings (SSSR count). The van der Waals surface area contributed by atoms with Crippen LogP contribution in [0.2, 0.25) is 0 Å². The van der Waals surface area contributed by atoms with E-state index in [9.17, 15) is 0 Å². The smallest absolute Gasteiger partial charge is 0.0253 e. The van der Waals surface area contributed by atoms with Gasteiger partial charge in [0.1, 0.15) is 0 Å². The molecule has 0 heterocycles. The number of halogens is 1. The fourth-order valence-electron chi connectivity index (χ4n) is 2.91. The van der Waals surface area contributed by atoms with Crippen molar-refractivity contribution in [3.63, 3.8) is 0 Å². The van der Waals surface area contributed by atoms with Crippen LogP contribution in [0.3, 0.4) is 0 Å². The Balaban J connectivity index is 2.27. The number of hydrogen-bond donors (Lipinski definition) is 0. The average Bonchev–Trinajstić information content (AvgIpc) is 2.77. The lowest BCUT2D eigenvalue weighted by Crippen LogP contribution is -1.94. The monoisotopic (exact) mass is 312 g/mol. The molecular weight excluding hydrogens is 296 g/mol. The van der Waals surface area contributed by atoms with Crippen molar-refractivity contribution in [1.29, 1.82) is 0 Å². The van der Waals surface area contributed by atoms with Crippen LogP contribution in [0.15, 0.2) is 40.9 Å². The van der Waals surface area contributed by atoms with Gasteiger partial charge in [-0.3, -0.25) is 0 Å². The maximum absolute atomic E-state index is 3.69. The van der Waals surface area contributed by atoms with Gasteiger partial charge in [0.15, 0.2) is 0 Å². The average molecular weight is 313 g/mol. The van der Waals surface area contributed by atoms with E-state index in [0.717, 1.165) is 6.42 Å². The molecular formula is C18H17Br. The van der Waals surface area contributed by atoms with E-state index in [0.29, 0.717) is 0 Å². The van der Waals surface area contributed by atoms with Crippen LogP contribution in [0.25, 0.3) is 16.7 Å². The van der Waals surface area contributed by atoms with Gasteiger partial charge in [0.2, 0.25) is 0 Å². The fraction of sp³-hybridized carbons (Fsp3) is 0.222. The second-order valence-electron chi connectivity index (χ2n) is 5.29. The van der Waals surface area contributed by atoms with Crippen molar-refractivity contribution in [1.82, 2.24) is 0 Å². The third-order valence-electron chi connectivity index (χ3n) is 4.16. The van der Waals surface area contributed by atoms with E-state index in [-0.39, 0.29) is 0 Å². The topological polar surface area (TPSA) is 0 Å². The molecule has 1 heteroatoms. The molecule has 96 valence electrons. The van der Waals surface area contributed by atoms with E-state index < -0.39 is 0 Å². The van der Waals surface area contributed by atoms with E-state index in [1.54, 1.807) is 0 Å². The highest BCUT2D eigenvalue weighted by molar-refractivity contribution is 9.10. The summed E-state index contributed by atoms with van der Waals surface area (Å²) >= 11 is 3.69. The molecule has 0 unspecified atom stereocenters. The van der Waals surface area contributed by atoms with Crippen molar-refractivity contribution in [2.45, 2.75) is 27.2 Å². The fourth-order valence-corrected chi connectivity index (χ4v) is 3.59. The zero-order valence-electron chi connectivity index (χ0n) is 11.5. The van der Waals surface area contributed by atoms with Crippen LogP contribution in [0.4, 0.5) is 0 Å². The predicted octanol–water partition coefficient (Wildman–Crippen LogP) is 5.69. The summed E-state index contributed by atoms with van der Waals surface area (Å²) < 4.78 is 1.21. The molecule has 0 saturated carbocycles. The third-order valence-corrected chi connectivity index (χ3v) is 4.82. The Kier molecular flexibility index (Phi) is 3.10. The second kappa shape index (κ2) is 4.64. The number of aryl methyl sites for hydroxylation is 1. The van der Waals surface area contributed by atoms with Crippen molar-refractivity contribution in [2.24, 2.45) is 0 Å². The van der Waals surface area contributed by atoms with Gasteiger partial charge >= 0.3 is 0 Å². The Bertz CT molecular complexity index is 693. The van der Waals surface area contributed by atoms with Crippen LogP contribution in [-0.2, 0) is 6.42 Å². The Morgan fingerprint density at radius 3 is 2.53 bits per heavy atom. The van der Waals surface area contributed by atoms with Crippen molar-refractivity contribution < 1.29 is 0 Å². The molecule has 0 nitrogen and oxygen atoms in total. The van der Waals surface area contributed by atoms with E-state index in [1.165, 1.54) is 43.4 Å². The van der Waals surface area contributed by atoms with Crippen LogP contribution < -0.4 is 0 Å². The number of allylic oxidation sites excluding steroid dienone is 2. The van der Waals surface area contributed by atoms with E-state index >= 15 is 0 Å². The minimum atomic E-state index is 1.04. The highest BCUT2D eigenvalue weighted by atomic mass is 79.9. The number of rotatable bonds is 1. The lowest BCUT2D eigenvalue weighted by Gasteiger charge is -2.15. The maximum atomic E-state index is 3.69. The molecule has 0 amide bonds. The summed E-state index contributed by atoms with van der Waals surface area (Å²) in [5, 5.41) is 0. The molecule has 1 aliphatic rings. The molecule has 1 aliphatic carbocycles. The standard InChI is InChI=1S/C18H17Br/c1-11-5-4-6-14(13(11)3)15-9-10-17(19)18-12(2)7-8-16(15)18/h4-7,9-10H,8H2,1-3H3. The summed E-state index contributed by atoms with van der Waals surface area (Å²) in [6, 6.07) is 11.0. The number of hydrogen-bond acceptors (Lipinski definition) is 0. The zero-order chi connectivity index (χ0) is 13.6. The maximum Gasteiger partial charge on any atom is 0.0253 e. The molecule has 0 aliphatic heterocycles. The first-order valence-electron chi connectivity index (χ1n) is 6.64. The quantitative estimate of drug-likeness (QED) is 0.634. The number of benzene rings is 2. The Hall–Kier alpha value is -1.34. The van der Waals surface area contributed by atoms with Gasteiger partial charge in [0.05, 0.1) is 0 Å². The molecule has 0 N–H and O–H groups in total. The van der Waals surface area contributed by atoms with Gasteiger partial charge in [-0.05, 0) is 72.2 Å². The highest BCUT2D eigenvalue weighted by Crippen LogP contribution is 2.40. The minimum absolute atomic E-state index is 1.04. The van der Waals surface area contributed by atoms with Gasteiger partial charge in [-0.1, -0.05) is 46.3 Å². The summed E-state index contributed by atoms with van der Waals surface area (Å²) in [6.45, 7) is 6.60. The van der Waals surface area contributed by atoms with Crippen LogP contribution >= 0.6 is 15.9 Å². The Morgan fingerprint density at radius 1 is 0.947 bits per heavy atom. The molecule has 0 spiro atoms. The zero-order valence-corrected chi connectivity index (χ0v) is 13.1. The summed E-state index contributed by atoms with van der Waals surface area (Å²) in [5.41, 5.74) is 9.72. The molecule has 0 radical (unpaired) electrons. The summed E-state index contributed by atoms with van der Waals surface area (Å²) in [6.07, 6.45) is 3.37. The van der Waals surface area contributed by atoms with Crippen LogP contribution in [0, 0.1) is 13.8 Å². The van der Waals surface area contributed by atoms with Gasteiger partial charge in [0.25, 0.3) is 0 Å². The highest BCUT2D eigenvalue weighted by Gasteiger charge is 2.19. The summed E-state index contributed by atoms with van der Waals surface area (Å²) in [5.74, 6) is 0. The predicted molar refractivity (Wildman–Crippen MR) is 86.4 cm³/mol. The molecule has 0 atom stereocenters. The third kappa shape index (κ3) is 1.97. The molecule has 2 aromatic carbocycles. The van der Waals surface area contributed by atoms with Crippen LogP contribution in [0.5, 0.6) is 0 Å². The molecule has 19 heavy (non-hydrogen) atoms. The van der Waals surface area contributed by atoms with Gasteiger partial charge in [-0.15, -0.1) is 0 Å². The van der Waals surface area contributed by atoms with E-state index in [4.69, 9.17) is 0 Å². The SMILES string of the molecule is CC1=CCc2c(-c3cccc(C)c3C)ccc(Br)c21. The van der Waals surface area contributed by atoms with Crippen molar-refractivity contribution in [3.8, 4) is 11.1 Å². The largest absolute Gasteiger partial charge is 0.0765 e. The first-order valence-corrected chi connectivity index (χ1v) is 7.44. The first-order chi connectivity index (χ1) is 9.09. The van der Waals surface area contributed by atoms with Crippen molar-refractivity contribution in [3.05, 3.63) is 63.1 Å². The van der Waals surface area contributed by atoms with E-state index in [2.05, 4.69) is 73.1 Å². The van der Waals surface area contributed by atoms with Gasteiger partial charge < -0.3 is 0 Å². The van der Waals surface area contributed by atoms with Crippen molar-refractivity contribution in [2.75, 3.05) is 0 Å². The lowest BCUT2D eigenvalue weighted by molar-refractivity contribution is 1.28. The van der Waals surface area contributed by atoms with Crippen LogP contribution in [0.1, 0.15) is 29.2 Å². The lowest BCUT2D eigenvalue weighted by atomic mass is 9.91.